The van der Waals surface area contributed by atoms with Gasteiger partial charge in [0, 0.05) is 19.7 Å². The molecule has 0 aliphatic rings. The normalized spacial score (nSPS) is 12.2. The monoisotopic (exact) mass is 194 g/mol. The summed E-state index contributed by atoms with van der Waals surface area (Å²) in [6, 6.07) is 5.77. The third kappa shape index (κ3) is 2.03. The highest BCUT2D eigenvalue weighted by molar-refractivity contribution is 5.83. The lowest BCUT2D eigenvalue weighted by Gasteiger charge is -2.17. The molecule has 0 spiro atoms. The van der Waals surface area contributed by atoms with Crippen LogP contribution in [-0.2, 0) is 4.79 Å². The highest BCUT2D eigenvalue weighted by atomic mass is 16.3. The average Bonchev–Trinajstić information content (AvgIpc) is 2.16. The number of rotatable bonds is 2. The molecule has 0 saturated heterocycles. The fourth-order valence-corrected chi connectivity index (χ4v) is 1.16. The highest BCUT2D eigenvalue weighted by Gasteiger charge is 2.19. The maximum atomic E-state index is 11.5. The fourth-order valence-electron chi connectivity index (χ4n) is 1.16. The van der Waals surface area contributed by atoms with Gasteiger partial charge in [-0.05, 0) is 6.07 Å². The second-order valence-electron chi connectivity index (χ2n) is 3.27. The van der Waals surface area contributed by atoms with Crippen LogP contribution >= 0.6 is 0 Å². The van der Waals surface area contributed by atoms with Crippen LogP contribution in [0.15, 0.2) is 24.3 Å². The maximum Gasteiger partial charge on any atom is 0.243 e. The Balaban J connectivity index is 2.95. The van der Waals surface area contributed by atoms with Crippen LogP contribution in [0.4, 0.5) is 0 Å². The van der Waals surface area contributed by atoms with Gasteiger partial charge in [0.2, 0.25) is 5.91 Å². The summed E-state index contributed by atoms with van der Waals surface area (Å²) < 4.78 is 0. The predicted molar refractivity (Wildman–Crippen MR) is 53.7 cm³/mol. The minimum absolute atomic E-state index is 0.0511. The van der Waals surface area contributed by atoms with Crippen molar-refractivity contribution in [1.29, 1.82) is 0 Å². The molecular weight excluding hydrogens is 180 g/mol. The van der Waals surface area contributed by atoms with Gasteiger partial charge in [-0.15, -0.1) is 0 Å². The zero-order valence-corrected chi connectivity index (χ0v) is 8.27. The number of carbonyl (C=O) groups is 1. The molecule has 14 heavy (non-hydrogen) atoms. The second-order valence-corrected chi connectivity index (χ2v) is 3.27. The van der Waals surface area contributed by atoms with Gasteiger partial charge in [0.05, 0.1) is 0 Å². The molecule has 0 heterocycles. The van der Waals surface area contributed by atoms with E-state index in [9.17, 15) is 9.90 Å². The van der Waals surface area contributed by atoms with Gasteiger partial charge in [0.15, 0.2) is 0 Å². The van der Waals surface area contributed by atoms with E-state index < -0.39 is 6.04 Å². The van der Waals surface area contributed by atoms with Crippen LogP contribution in [-0.4, -0.2) is 30.0 Å². The van der Waals surface area contributed by atoms with Crippen molar-refractivity contribution in [1.82, 2.24) is 4.90 Å². The van der Waals surface area contributed by atoms with Crippen LogP contribution in [0.5, 0.6) is 5.75 Å². The third-order valence-corrected chi connectivity index (χ3v) is 1.98. The minimum atomic E-state index is -0.800. The van der Waals surface area contributed by atoms with Crippen molar-refractivity contribution in [2.24, 2.45) is 5.73 Å². The number of phenols is 1. The molecule has 1 aromatic carbocycles. The minimum Gasteiger partial charge on any atom is -0.508 e. The molecule has 0 aliphatic heterocycles. The average molecular weight is 194 g/mol. The van der Waals surface area contributed by atoms with Crippen molar-refractivity contribution in [2.45, 2.75) is 6.04 Å². The molecule has 0 aliphatic carbocycles. The molecule has 3 N–H and O–H groups in total. The maximum absolute atomic E-state index is 11.5. The molecule has 4 nitrogen and oxygen atoms in total. The number of para-hydroxylation sites is 1. The lowest BCUT2D eigenvalue weighted by Crippen LogP contribution is -2.33. The Morgan fingerprint density at radius 2 is 2.00 bits per heavy atom. The summed E-state index contributed by atoms with van der Waals surface area (Å²) in [7, 11) is 3.25. The molecule has 0 radical (unpaired) electrons. The number of carbonyl (C=O) groups excluding carboxylic acids is 1. The van der Waals surface area contributed by atoms with Gasteiger partial charge in [0.1, 0.15) is 11.8 Å². The molecule has 1 rings (SSSR count). The topological polar surface area (TPSA) is 66.6 Å². The molecule has 0 bridgehead atoms. The molecule has 0 saturated carbocycles. The summed E-state index contributed by atoms with van der Waals surface area (Å²) in [5, 5.41) is 9.46. The standard InChI is InChI=1S/C10H14N2O2/c1-12(2)10(14)9(11)7-5-3-4-6-8(7)13/h3-6,9,13H,11H2,1-2H3. The van der Waals surface area contributed by atoms with Gasteiger partial charge in [0.25, 0.3) is 0 Å². The van der Waals surface area contributed by atoms with Gasteiger partial charge < -0.3 is 15.7 Å². The van der Waals surface area contributed by atoms with Crippen molar-refractivity contribution in [3.63, 3.8) is 0 Å². The smallest absolute Gasteiger partial charge is 0.243 e. The van der Waals surface area contributed by atoms with E-state index in [1.807, 2.05) is 0 Å². The third-order valence-electron chi connectivity index (χ3n) is 1.98. The van der Waals surface area contributed by atoms with E-state index >= 15 is 0 Å². The Kier molecular flexibility index (Phi) is 3.09. The first-order chi connectivity index (χ1) is 6.54. The molecular formula is C10H14N2O2. The Hall–Kier alpha value is -1.55. The molecule has 76 valence electrons. The summed E-state index contributed by atoms with van der Waals surface area (Å²) in [4.78, 5) is 12.9. The van der Waals surface area contributed by atoms with E-state index in [0.29, 0.717) is 5.56 Å². The fraction of sp³-hybridized carbons (Fsp3) is 0.300. The van der Waals surface area contributed by atoms with Gasteiger partial charge in [-0.3, -0.25) is 4.79 Å². The number of nitrogens with zero attached hydrogens (tertiary/aromatic N) is 1. The van der Waals surface area contributed by atoms with E-state index in [1.54, 1.807) is 32.3 Å². The molecule has 0 fully saturated rings. The van der Waals surface area contributed by atoms with Crippen molar-refractivity contribution in [2.75, 3.05) is 14.1 Å². The molecule has 1 amide bonds. The van der Waals surface area contributed by atoms with Gasteiger partial charge in [-0.25, -0.2) is 0 Å². The van der Waals surface area contributed by atoms with Crippen LogP contribution in [0.3, 0.4) is 0 Å². The van der Waals surface area contributed by atoms with Gasteiger partial charge in [-0.1, -0.05) is 18.2 Å². The van der Waals surface area contributed by atoms with Crippen LogP contribution < -0.4 is 5.73 Å². The first-order valence-corrected chi connectivity index (χ1v) is 4.28. The number of hydrogen-bond acceptors (Lipinski definition) is 3. The van der Waals surface area contributed by atoms with Crippen molar-refractivity contribution in [3.05, 3.63) is 29.8 Å². The lowest BCUT2D eigenvalue weighted by atomic mass is 10.1. The number of benzene rings is 1. The van der Waals surface area contributed by atoms with E-state index in [0.717, 1.165) is 0 Å². The lowest BCUT2D eigenvalue weighted by molar-refractivity contribution is -0.130. The van der Waals surface area contributed by atoms with E-state index in [4.69, 9.17) is 5.73 Å². The number of amides is 1. The van der Waals surface area contributed by atoms with Crippen molar-refractivity contribution < 1.29 is 9.90 Å². The quantitative estimate of drug-likeness (QED) is 0.719. The molecule has 4 heteroatoms. The summed E-state index contributed by atoms with van der Waals surface area (Å²) in [6.45, 7) is 0. The molecule has 1 aromatic rings. The second kappa shape index (κ2) is 4.11. The number of likely N-dealkylation sites (N-methyl/N-ethyl adjacent to an activating group) is 1. The summed E-state index contributed by atoms with van der Waals surface area (Å²) in [6.07, 6.45) is 0. The number of nitrogens with two attached hydrogens (primary N) is 1. The summed E-state index contributed by atoms with van der Waals surface area (Å²) in [5.41, 5.74) is 6.14. The van der Waals surface area contributed by atoms with Crippen LogP contribution in [0.2, 0.25) is 0 Å². The van der Waals surface area contributed by atoms with E-state index in [-0.39, 0.29) is 11.7 Å². The summed E-state index contributed by atoms with van der Waals surface area (Å²) in [5.74, 6) is -0.179. The van der Waals surface area contributed by atoms with E-state index in [1.165, 1.54) is 11.0 Å². The van der Waals surface area contributed by atoms with Crippen molar-refractivity contribution in [3.8, 4) is 5.75 Å². The molecule has 0 aromatic heterocycles. The number of hydrogen-bond donors (Lipinski definition) is 2. The largest absolute Gasteiger partial charge is 0.508 e. The van der Waals surface area contributed by atoms with Crippen LogP contribution in [0.25, 0.3) is 0 Å². The van der Waals surface area contributed by atoms with Crippen LogP contribution in [0, 0.1) is 0 Å². The Morgan fingerprint density at radius 1 is 1.43 bits per heavy atom. The highest BCUT2D eigenvalue weighted by Crippen LogP contribution is 2.22. The first-order valence-electron chi connectivity index (χ1n) is 4.28. The number of aromatic hydroxyl groups is 1. The van der Waals surface area contributed by atoms with Crippen LogP contribution in [0.1, 0.15) is 11.6 Å². The molecule has 1 atom stereocenters. The summed E-state index contributed by atoms with van der Waals surface area (Å²) >= 11 is 0. The zero-order valence-electron chi connectivity index (χ0n) is 8.27. The SMILES string of the molecule is CN(C)C(=O)C(N)c1ccccc1O. The Labute approximate surface area is 82.9 Å². The number of phenolic OH excluding ortho intramolecular Hbond substituents is 1. The molecule has 1 unspecified atom stereocenters. The zero-order chi connectivity index (χ0) is 10.7. The van der Waals surface area contributed by atoms with Gasteiger partial charge >= 0.3 is 0 Å². The van der Waals surface area contributed by atoms with E-state index in [2.05, 4.69) is 0 Å². The van der Waals surface area contributed by atoms with Gasteiger partial charge in [-0.2, -0.15) is 0 Å². The Bertz CT molecular complexity index is 337. The predicted octanol–water partition coefficient (Wildman–Crippen LogP) is 0.480. The first kappa shape index (κ1) is 10.5. The Morgan fingerprint density at radius 3 is 2.50 bits per heavy atom. The van der Waals surface area contributed by atoms with Crippen molar-refractivity contribution >= 4 is 5.91 Å².